The molecule has 7 nitrogen and oxygen atoms in total. The summed E-state index contributed by atoms with van der Waals surface area (Å²) in [4.78, 5) is 18.8. The standard InChI is InChI=1S/C17H18N6O/c18-13-5-8-22(9-6-13)17(24)12-3-4-15(19-10-12)14-11-21-23-16(14)2-1-7-20-23/h1-4,7,10-11,13H,5-6,8-9,18H2. The summed E-state index contributed by atoms with van der Waals surface area (Å²) in [5.41, 5.74) is 9.04. The van der Waals surface area contributed by atoms with Gasteiger partial charge in [0.25, 0.3) is 5.91 Å². The van der Waals surface area contributed by atoms with Crippen LogP contribution >= 0.6 is 0 Å². The zero-order valence-electron chi connectivity index (χ0n) is 13.2. The fraction of sp³-hybridized carbons (Fsp3) is 0.294. The van der Waals surface area contributed by atoms with Gasteiger partial charge in [-0.3, -0.25) is 9.78 Å². The van der Waals surface area contributed by atoms with E-state index in [4.69, 9.17) is 5.73 Å². The molecule has 0 bridgehead atoms. The molecule has 0 saturated carbocycles. The molecular formula is C17H18N6O. The number of hydrogen-bond donors (Lipinski definition) is 1. The molecule has 122 valence electrons. The summed E-state index contributed by atoms with van der Waals surface area (Å²) >= 11 is 0. The van der Waals surface area contributed by atoms with E-state index in [1.165, 1.54) is 0 Å². The molecule has 0 radical (unpaired) electrons. The van der Waals surface area contributed by atoms with Crippen molar-refractivity contribution in [1.82, 2.24) is 24.7 Å². The summed E-state index contributed by atoms with van der Waals surface area (Å²) in [6, 6.07) is 7.68. The van der Waals surface area contributed by atoms with E-state index >= 15 is 0 Å². The number of piperidine rings is 1. The molecule has 0 spiro atoms. The second-order valence-corrected chi connectivity index (χ2v) is 6.02. The Labute approximate surface area is 139 Å². The second-order valence-electron chi connectivity index (χ2n) is 6.02. The van der Waals surface area contributed by atoms with Gasteiger partial charge in [-0.05, 0) is 37.1 Å². The van der Waals surface area contributed by atoms with Gasteiger partial charge < -0.3 is 10.6 Å². The average molecular weight is 322 g/mol. The van der Waals surface area contributed by atoms with E-state index < -0.39 is 0 Å². The molecule has 1 fully saturated rings. The van der Waals surface area contributed by atoms with Crippen LogP contribution in [0, 0.1) is 0 Å². The van der Waals surface area contributed by atoms with Crippen LogP contribution in [0.25, 0.3) is 16.8 Å². The SMILES string of the molecule is NC1CCN(C(=O)c2ccc(-c3cnn4ncccc34)nc2)CC1. The molecule has 1 aliphatic heterocycles. The molecule has 0 aromatic carbocycles. The highest BCUT2D eigenvalue weighted by Gasteiger charge is 2.22. The molecule has 4 heterocycles. The molecule has 0 aliphatic carbocycles. The molecule has 1 amide bonds. The largest absolute Gasteiger partial charge is 0.338 e. The summed E-state index contributed by atoms with van der Waals surface area (Å²) in [6.45, 7) is 1.42. The minimum atomic E-state index is 0.0162. The van der Waals surface area contributed by atoms with Crippen molar-refractivity contribution in [3.8, 4) is 11.3 Å². The Hall–Kier alpha value is -2.80. The smallest absolute Gasteiger partial charge is 0.255 e. The predicted octanol–water partition coefficient (Wildman–Crippen LogP) is 1.35. The molecule has 0 atom stereocenters. The maximum atomic E-state index is 12.5. The zero-order valence-corrected chi connectivity index (χ0v) is 13.2. The highest BCUT2D eigenvalue weighted by molar-refractivity contribution is 5.94. The molecule has 3 aromatic heterocycles. The van der Waals surface area contributed by atoms with Crippen molar-refractivity contribution < 1.29 is 4.79 Å². The minimum Gasteiger partial charge on any atom is -0.338 e. The summed E-state index contributed by atoms with van der Waals surface area (Å²) in [5, 5.41) is 8.36. The summed E-state index contributed by atoms with van der Waals surface area (Å²) < 4.78 is 1.56. The van der Waals surface area contributed by atoms with Crippen LogP contribution in [0.5, 0.6) is 0 Å². The van der Waals surface area contributed by atoms with E-state index in [2.05, 4.69) is 15.2 Å². The molecule has 0 unspecified atom stereocenters. The number of nitrogens with zero attached hydrogens (tertiary/aromatic N) is 5. The number of hydrogen-bond acceptors (Lipinski definition) is 5. The molecule has 3 aromatic rings. The van der Waals surface area contributed by atoms with Crippen molar-refractivity contribution in [3.63, 3.8) is 0 Å². The number of pyridine rings is 1. The topological polar surface area (TPSA) is 89.4 Å². The van der Waals surface area contributed by atoms with Crippen LogP contribution in [0.3, 0.4) is 0 Å². The minimum absolute atomic E-state index is 0.0162. The number of rotatable bonds is 2. The number of aromatic nitrogens is 4. The van der Waals surface area contributed by atoms with Crippen LogP contribution in [-0.2, 0) is 0 Å². The van der Waals surface area contributed by atoms with Gasteiger partial charge in [0.1, 0.15) is 0 Å². The second kappa shape index (κ2) is 6.01. The van der Waals surface area contributed by atoms with E-state index in [1.807, 2.05) is 29.2 Å². The zero-order chi connectivity index (χ0) is 16.5. The fourth-order valence-electron chi connectivity index (χ4n) is 2.99. The van der Waals surface area contributed by atoms with Crippen LogP contribution in [0.1, 0.15) is 23.2 Å². The van der Waals surface area contributed by atoms with Gasteiger partial charge in [-0.15, -0.1) is 0 Å². The van der Waals surface area contributed by atoms with Gasteiger partial charge in [0, 0.05) is 37.1 Å². The van der Waals surface area contributed by atoms with Gasteiger partial charge in [0.2, 0.25) is 0 Å². The summed E-state index contributed by atoms with van der Waals surface area (Å²) in [5.74, 6) is 0.0162. The maximum absolute atomic E-state index is 12.5. The van der Waals surface area contributed by atoms with Crippen LogP contribution in [0.4, 0.5) is 0 Å². The third kappa shape index (κ3) is 2.63. The van der Waals surface area contributed by atoms with E-state index in [0.29, 0.717) is 18.7 Å². The Bertz CT molecular complexity index is 864. The third-order valence-corrected chi connectivity index (χ3v) is 4.42. The average Bonchev–Trinajstić information content (AvgIpc) is 3.06. The summed E-state index contributed by atoms with van der Waals surface area (Å²) in [6.07, 6.45) is 6.76. The normalized spacial score (nSPS) is 15.8. The van der Waals surface area contributed by atoms with Crippen molar-refractivity contribution in [2.24, 2.45) is 5.73 Å². The van der Waals surface area contributed by atoms with Gasteiger partial charge in [0.15, 0.2) is 0 Å². The lowest BCUT2D eigenvalue weighted by molar-refractivity contribution is 0.0714. The van der Waals surface area contributed by atoms with Crippen molar-refractivity contribution in [2.75, 3.05) is 13.1 Å². The molecular weight excluding hydrogens is 304 g/mol. The van der Waals surface area contributed by atoms with Gasteiger partial charge in [-0.1, -0.05) is 0 Å². The van der Waals surface area contributed by atoms with E-state index in [-0.39, 0.29) is 11.9 Å². The first-order chi connectivity index (χ1) is 11.7. The number of carbonyl (C=O) groups is 1. The Morgan fingerprint density at radius 1 is 1.12 bits per heavy atom. The Morgan fingerprint density at radius 3 is 2.71 bits per heavy atom. The highest BCUT2D eigenvalue weighted by atomic mass is 16.2. The number of amides is 1. The van der Waals surface area contributed by atoms with Gasteiger partial charge >= 0.3 is 0 Å². The maximum Gasteiger partial charge on any atom is 0.255 e. The van der Waals surface area contributed by atoms with Gasteiger partial charge in [0.05, 0.1) is 23.0 Å². The molecule has 1 aliphatic rings. The Kier molecular flexibility index (Phi) is 3.70. The quantitative estimate of drug-likeness (QED) is 0.769. The Morgan fingerprint density at radius 2 is 1.96 bits per heavy atom. The lowest BCUT2D eigenvalue weighted by Gasteiger charge is -2.30. The predicted molar refractivity (Wildman–Crippen MR) is 89.3 cm³/mol. The molecule has 24 heavy (non-hydrogen) atoms. The number of carbonyl (C=O) groups excluding carboxylic acids is 1. The van der Waals surface area contributed by atoms with Crippen molar-refractivity contribution in [1.29, 1.82) is 0 Å². The first kappa shape index (κ1) is 14.8. The number of likely N-dealkylation sites (tertiary alicyclic amines) is 1. The van der Waals surface area contributed by atoms with Crippen LogP contribution in [0.2, 0.25) is 0 Å². The van der Waals surface area contributed by atoms with Crippen molar-refractivity contribution >= 4 is 11.4 Å². The van der Waals surface area contributed by atoms with Gasteiger partial charge in [-0.25, -0.2) is 0 Å². The van der Waals surface area contributed by atoms with E-state index in [1.54, 1.807) is 23.2 Å². The first-order valence-electron chi connectivity index (χ1n) is 8.03. The molecule has 2 N–H and O–H groups in total. The molecule has 4 rings (SSSR count). The lowest BCUT2D eigenvalue weighted by Crippen LogP contribution is -2.42. The molecule has 1 saturated heterocycles. The van der Waals surface area contributed by atoms with Crippen LogP contribution in [0.15, 0.2) is 42.9 Å². The Balaban J connectivity index is 1.57. The third-order valence-electron chi connectivity index (χ3n) is 4.42. The summed E-state index contributed by atoms with van der Waals surface area (Å²) in [7, 11) is 0. The van der Waals surface area contributed by atoms with Gasteiger partial charge in [-0.2, -0.15) is 14.8 Å². The first-order valence-corrected chi connectivity index (χ1v) is 8.03. The monoisotopic (exact) mass is 322 g/mol. The lowest BCUT2D eigenvalue weighted by atomic mass is 10.1. The van der Waals surface area contributed by atoms with E-state index in [9.17, 15) is 4.79 Å². The van der Waals surface area contributed by atoms with E-state index in [0.717, 1.165) is 29.6 Å². The number of fused-ring (bicyclic) bond motifs is 1. The highest BCUT2D eigenvalue weighted by Crippen LogP contribution is 2.22. The van der Waals surface area contributed by atoms with Crippen molar-refractivity contribution in [2.45, 2.75) is 18.9 Å². The van der Waals surface area contributed by atoms with Crippen molar-refractivity contribution in [3.05, 3.63) is 48.4 Å². The number of nitrogens with two attached hydrogens (primary N) is 1. The molecule has 7 heteroatoms. The fourth-order valence-corrected chi connectivity index (χ4v) is 2.99. The van der Waals surface area contributed by atoms with Crippen LogP contribution in [-0.4, -0.2) is 49.7 Å². The van der Waals surface area contributed by atoms with Crippen LogP contribution < -0.4 is 5.73 Å².